The van der Waals surface area contributed by atoms with Crippen molar-refractivity contribution in [3.63, 3.8) is 0 Å². The maximum absolute atomic E-state index is 8.08. The number of nitrogens with one attached hydrogen (secondary N) is 2. The molecule has 2 aromatic rings. The summed E-state index contributed by atoms with van der Waals surface area (Å²) in [5.74, 6) is 1.59. The quantitative estimate of drug-likeness (QED) is 0.289. The minimum absolute atomic E-state index is 0.0387. The molecule has 1 aromatic heterocycles. The zero-order chi connectivity index (χ0) is 21.5. The Balaban J connectivity index is 1.89. The Hall–Kier alpha value is -3.67. The predicted molar refractivity (Wildman–Crippen MR) is 123 cm³/mol. The summed E-state index contributed by atoms with van der Waals surface area (Å²) < 4.78 is 5.92. The van der Waals surface area contributed by atoms with Crippen LogP contribution in [0, 0.1) is 10.8 Å². The van der Waals surface area contributed by atoms with E-state index in [0.29, 0.717) is 23.4 Å². The van der Waals surface area contributed by atoms with E-state index in [2.05, 4.69) is 4.98 Å². The van der Waals surface area contributed by atoms with Crippen molar-refractivity contribution >= 4 is 23.3 Å². The fourth-order valence-electron chi connectivity index (χ4n) is 3.45. The third-order valence-corrected chi connectivity index (χ3v) is 4.98. The first-order valence-corrected chi connectivity index (χ1v) is 9.92. The molecular formula is C24H27N5O. The highest BCUT2D eigenvalue weighted by Gasteiger charge is 2.21. The van der Waals surface area contributed by atoms with Crippen molar-refractivity contribution in [1.29, 1.82) is 10.8 Å². The Morgan fingerprint density at radius 1 is 1.23 bits per heavy atom. The first-order valence-electron chi connectivity index (χ1n) is 9.92. The number of amidine groups is 1. The second kappa shape index (κ2) is 9.69. The number of para-hydroxylation sites is 1. The molecule has 0 saturated carbocycles. The van der Waals surface area contributed by atoms with Crippen LogP contribution in [0.1, 0.15) is 48.9 Å². The number of nitrogens with two attached hydrogens (primary N) is 2. The number of hydrogen-bond acceptors (Lipinski definition) is 5. The van der Waals surface area contributed by atoms with E-state index in [0.717, 1.165) is 35.5 Å². The number of pyridine rings is 1. The average molecular weight is 402 g/mol. The fraction of sp³-hybridized carbons (Fsp3) is 0.208. The summed E-state index contributed by atoms with van der Waals surface area (Å²) in [6.07, 6.45) is 12.9. The number of ether oxygens (including phenoxy) is 1. The van der Waals surface area contributed by atoms with Crippen LogP contribution in [0.25, 0.3) is 5.57 Å². The van der Waals surface area contributed by atoms with Crippen LogP contribution in [0.15, 0.2) is 66.6 Å². The van der Waals surface area contributed by atoms with Crippen LogP contribution in [0.5, 0.6) is 5.75 Å². The molecule has 1 aliphatic carbocycles. The van der Waals surface area contributed by atoms with Gasteiger partial charge in [0.1, 0.15) is 17.3 Å². The summed E-state index contributed by atoms with van der Waals surface area (Å²) in [6, 6.07) is 9.69. The van der Waals surface area contributed by atoms with Gasteiger partial charge in [-0.2, -0.15) is 0 Å². The zero-order valence-electron chi connectivity index (χ0n) is 17.1. The van der Waals surface area contributed by atoms with Crippen LogP contribution in [-0.2, 0) is 0 Å². The van der Waals surface area contributed by atoms with E-state index < -0.39 is 0 Å². The van der Waals surface area contributed by atoms with E-state index in [1.807, 2.05) is 61.6 Å². The van der Waals surface area contributed by atoms with Crippen molar-refractivity contribution in [2.24, 2.45) is 5.73 Å². The van der Waals surface area contributed by atoms with Gasteiger partial charge in [-0.1, -0.05) is 43.4 Å². The molecule has 6 heteroatoms. The van der Waals surface area contributed by atoms with E-state index in [-0.39, 0.29) is 11.8 Å². The summed E-state index contributed by atoms with van der Waals surface area (Å²) in [5.41, 5.74) is 15.8. The number of nitrogens with zero attached hydrogens (tertiary/aromatic N) is 1. The molecule has 0 radical (unpaired) electrons. The predicted octanol–water partition coefficient (Wildman–Crippen LogP) is 4.79. The standard InChI is InChI=1S/C24H27N5O/c1-16(7-5-6-14-25)23-22(26)21(24(27)28)20(15-29-23)17-10-12-19(13-11-17)30-18-8-3-2-4-9-18/h2-5,7-10,12,14-16,25H,6,11,13,26H2,1H3,(H3,27,28)/b7-5-,25-14?. The lowest BCUT2D eigenvalue weighted by molar-refractivity contribution is 0.404. The Morgan fingerprint density at radius 2 is 2.00 bits per heavy atom. The number of allylic oxidation sites excluding steroid dienone is 6. The molecule has 1 aromatic carbocycles. The molecule has 0 fully saturated rings. The number of rotatable bonds is 8. The fourth-order valence-corrected chi connectivity index (χ4v) is 3.45. The number of aromatic nitrogens is 1. The Kier molecular flexibility index (Phi) is 6.80. The second-order valence-corrected chi connectivity index (χ2v) is 7.16. The van der Waals surface area contributed by atoms with Gasteiger partial charge >= 0.3 is 0 Å². The van der Waals surface area contributed by atoms with Crippen LogP contribution in [0.2, 0.25) is 0 Å². The van der Waals surface area contributed by atoms with Gasteiger partial charge < -0.3 is 21.6 Å². The minimum atomic E-state index is -0.0713. The molecule has 1 unspecified atom stereocenters. The van der Waals surface area contributed by atoms with Crippen molar-refractivity contribution in [3.05, 3.63) is 83.4 Å². The molecule has 0 amide bonds. The highest BCUT2D eigenvalue weighted by atomic mass is 16.5. The molecule has 0 spiro atoms. The number of anilines is 1. The molecule has 1 heterocycles. The van der Waals surface area contributed by atoms with E-state index in [1.54, 1.807) is 6.20 Å². The average Bonchev–Trinajstić information content (AvgIpc) is 2.74. The molecule has 6 nitrogen and oxygen atoms in total. The molecule has 1 atom stereocenters. The first-order chi connectivity index (χ1) is 14.5. The van der Waals surface area contributed by atoms with Gasteiger partial charge in [-0.15, -0.1) is 0 Å². The number of nitrogen functional groups attached to an aromatic ring is 2. The summed E-state index contributed by atoms with van der Waals surface area (Å²) in [7, 11) is 0. The first kappa shape index (κ1) is 21.0. The second-order valence-electron chi connectivity index (χ2n) is 7.16. The normalized spacial score (nSPS) is 14.7. The lowest BCUT2D eigenvalue weighted by atomic mass is 9.91. The van der Waals surface area contributed by atoms with Crippen molar-refractivity contribution in [1.82, 2.24) is 4.98 Å². The molecule has 0 saturated heterocycles. The highest BCUT2D eigenvalue weighted by molar-refractivity contribution is 6.04. The van der Waals surface area contributed by atoms with Crippen molar-refractivity contribution in [2.45, 2.75) is 32.1 Å². The monoisotopic (exact) mass is 401 g/mol. The van der Waals surface area contributed by atoms with Crippen LogP contribution in [-0.4, -0.2) is 17.0 Å². The summed E-state index contributed by atoms with van der Waals surface area (Å²) in [5, 5.41) is 15.2. The van der Waals surface area contributed by atoms with Gasteiger partial charge in [-0.05, 0) is 36.4 Å². The Bertz CT molecular complexity index is 1020. The Labute approximate surface area is 177 Å². The molecule has 3 rings (SSSR count). The minimum Gasteiger partial charge on any atom is -0.462 e. The van der Waals surface area contributed by atoms with Gasteiger partial charge in [0.05, 0.1) is 11.4 Å². The van der Waals surface area contributed by atoms with Gasteiger partial charge in [-0.25, -0.2) is 0 Å². The van der Waals surface area contributed by atoms with Crippen molar-refractivity contribution in [2.75, 3.05) is 5.73 Å². The zero-order valence-corrected chi connectivity index (χ0v) is 17.1. The summed E-state index contributed by atoms with van der Waals surface area (Å²) >= 11 is 0. The third-order valence-electron chi connectivity index (χ3n) is 4.98. The number of hydrogen-bond donors (Lipinski definition) is 4. The van der Waals surface area contributed by atoms with Gasteiger partial charge in [0.25, 0.3) is 0 Å². The largest absolute Gasteiger partial charge is 0.462 e. The maximum Gasteiger partial charge on any atom is 0.126 e. The summed E-state index contributed by atoms with van der Waals surface area (Å²) in [4.78, 5) is 4.58. The van der Waals surface area contributed by atoms with Gasteiger partial charge in [0, 0.05) is 36.1 Å². The third kappa shape index (κ3) is 4.84. The molecule has 0 bridgehead atoms. The lowest BCUT2D eigenvalue weighted by Crippen LogP contribution is -2.19. The van der Waals surface area contributed by atoms with E-state index >= 15 is 0 Å². The van der Waals surface area contributed by atoms with Crippen molar-refractivity contribution in [3.8, 4) is 5.75 Å². The van der Waals surface area contributed by atoms with Gasteiger partial charge in [-0.3, -0.25) is 10.4 Å². The Morgan fingerprint density at radius 3 is 2.63 bits per heavy atom. The van der Waals surface area contributed by atoms with E-state index in [1.165, 1.54) is 6.21 Å². The molecule has 0 aliphatic heterocycles. The maximum atomic E-state index is 8.08. The van der Waals surface area contributed by atoms with E-state index in [9.17, 15) is 0 Å². The van der Waals surface area contributed by atoms with Crippen LogP contribution in [0.4, 0.5) is 5.69 Å². The van der Waals surface area contributed by atoms with Gasteiger partial charge in [0.2, 0.25) is 0 Å². The van der Waals surface area contributed by atoms with Crippen LogP contribution in [0.3, 0.4) is 0 Å². The lowest BCUT2D eigenvalue weighted by Gasteiger charge is -2.20. The van der Waals surface area contributed by atoms with Crippen LogP contribution < -0.4 is 16.2 Å². The number of benzene rings is 1. The van der Waals surface area contributed by atoms with Gasteiger partial charge in [0.15, 0.2) is 0 Å². The topological polar surface area (TPSA) is 122 Å². The SMILES string of the molecule is CC(/C=C\CC=N)c1ncc(C2=CC=C(Oc3ccccc3)CC2)c(C(=N)N)c1N. The smallest absolute Gasteiger partial charge is 0.126 e. The highest BCUT2D eigenvalue weighted by Crippen LogP contribution is 2.34. The van der Waals surface area contributed by atoms with Crippen molar-refractivity contribution < 1.29 is 4.74 Å². The molecule has 1 aliphatic rings. The van der Waals surface area contributed by atoms with Crippen LogP contribution >= 0.6 is 0 Å². The summed E-state index contributed by atoms with van der Waals surface area (Å²) in [6.45, 7) is 1.98. The molecule has 6 N–H and O–H groups in total. The molecular weight excluding hydrogens is 374 g/mol. The molecule has 154 valence electrons. The van der Waals surface area contributed by atoms with E-state index in [4.69, 9.17) is 27.0 Å². The molecule has 30 heavy (non-hydrogen) atoms.